The Morgan fingerprint density at radius 2 is 1.86 bits per heavy atom. The molecule has 1 aliphatic carbocycles. The number of amides is 2. The second-order valence-corrected chi connectivity index (χ2v) is 10.2. The van der Waals surface area contributed by atoms with Crippen LogP contribution in [0.25, 0.3) is 0 Å². The first-order chi connectivity index (χ1) is 13.6. The van der Waals surface area contributed by atoms with Crippen LogP contribution in [0.3, 0.4) is 0 Å². The van der Waals surface area contributed by atoms with Gasteiger partial charge in [0.15, 0.2) is 0 Å². The molecule has 1 atom stereocenters. The van der Waals surface area contributed by atoms with E-state index in [0.717, 1.165) is 29.7 Å². The molecule has 2 N–H and O–H groups in total. The maximum atomic E-state index is 14.0. The molecule has 29 heavy (non-hydrogen) atoms. The second-order valence-electron chi connectivity index (χ2n) is 9.08. The number of carbonyl (C=O) groups excluding carboxylic acids is 2. The van der Waals surface area contributed by atoms with Crippen LogP contribution in [0.4, 0.5) is 9.39 Å². The van der Waals surface area contributed by atoms with Gasteiger partial charge >= 0.3 is 0 Å². The van der Waals surface area contributed by atoms with E-state index in [4.69, 9.17) is 0 Å². The molecule has 0 saturated carbocycles. The molecule has 0 radical (unpaired) electrons. The zero-order valence-corrected chi connectivity index (χ0v) is 18.5. The van der Waals surface area contributed by atoms with Crippen LogP contribution in [0.1, 0.15) is 72.2 Å². The highest BCUT2D eigenvalue weighted by Gasteiger charge is 2.34. The predicted molar refractivity (Wildman–Crippen MR) is 116 cm³/mol. The highest BCUT2D eigenvalue weighted by molar-refractivity contribution is 7.17. The fourth-order valence-electron chi connectivity index (χ4n) is 3.80. The number of rotatable bonds is 4. The first-order valence-electron chi connectivity index (χ1n) is 10.1. The van der Waals surface area contributed by atoms with Gasteiger partial charge in [-0.2, -0.15) is 0 Å². The standard InChI is InChI=1S/C23H29FN2O2S/c1-13(2)25-21(28)19-16-11-10-14(23(3,4)5)12-18(16)29-22(19)26-20(27)15-8-6-7-9-17(15)24/h6-9,13-14H,10-12H2,1-5H3,(H,25,28)(H,26,27). The Morgan fingerprint density at radius 1 is 1.17 bits per heavy atom. The highest BCUT2D eigenvalue weighted by Crippen LogP contribution is 2.44. The number of halogens is 1. The van der Waals surface area contributed by atoms with Gasteiger partial charge < -0.3 is 10.6 Å². The van der Waals surface area contributed by atoms with E-state index in [9.17, 15) is 14.0 Å². The summed E-state index contributed by atoms with van der Waals surface area (Å²) in [6, 6.07) is 5.86. The summed E-state index contributed by atoms with van der Waals surface area (Å²) < 4.78 is 14.0. The average molecular weight is 417 g/mol. The molecule has 1 aliphatic rings. The molecular formula is C23H29FN2O2S. The molecule has 6 heteroatoms. The summed E-state index contributed by atoms with van der Waals surface area (Å²) in [7, 11) is 0. The van der Waals surface area contributed by atoms with Gasteiger partial charge in [-0.15, -0.1) is 11.3 Å². The summed E-state index contributed by atoms with van der Waals surface area (Å²) in [5, 5.41) is 6.27. The zero-order valence-electron chi connectivity index (χ0n) is 17.7. The Kier molecular flexibility index (Phi) is 6.13. The monoisotopic (exact) mass is 416 g/mol. The Bertz CT molecular complexity index is 927. The average Bonchev–Trinajstić information content (AvgIpc) is 2.97. The van der Waals surface area contributed by atoms with Crippen LogP contribution in [0.5, 0.6) is 0 Å². The fourth-order valence-corrected chi connectivity index (χ4v) is 5.12. The molecule has 0 bridgehead atoms. The summed E-state index contributed by atoms with van der Waals surface area (Å²) in [5.41, 5.74) is 1.72. The van der Waals surface area contributed by atoms with Crippen molar-refractivity contribution in [3.05, 3.63) is 51.7 Å². The van der Waals surface area contributed by atoms with Crippen molar-refractivity contribution in [2.45, 2.75) is 59.9 Å². The van der Waals surface area contributed by atoms with Gasteiger partial charge in [-0.25, -0.2) is 4.39 Å². The number of hydrogen-bond donors (Lipinski definition) is 2. The molecule has 2 aromatic rings. The maximum absolute atomic E-state index is 14.0. The van der Waals surface area contributed by atoms with Gasteiger partial charge in [-0.3, -0.25) is 9.59 Å². The van der Waals surface area contributed by atoms with E-state index in [1.54, 1.807) is 12.1 Å². The molecule has 1 unspecified atom stereocenters. The third-order valence-electron chi connectivity index (χ3n) is 5.48. The van der Waals surface area contributed by atoms with Crippen molar-refractivity contribution in [2.24, 2.45) is 11.3 Å². The van der Waals surface area contributed by atoms with Gasteiger partial charge in [-0.1, -0.05) is 32.9 Å². The normalized spacial score (nSPS) is 16.4. The topological polar surface area (TPSA) is 58.2 Å². The van der Waals surface area contributed by atoms with Crippen LogP contribution in [-0.4, -0.2) is 17.9 Å². The van der Waals surface area contributed by atoms with Crippen molar-refractivity contribution in [1.82, 2.24) is 5.32 Å². The van der Waals surface area contributed by atoms with Crippen molar-refractivity contribution in [1.29, 1.82) is 0 Å². The van der Waals surface area contributed by atoms with Crippen molar-refractivity contribution in [2.75, 3.05) is 5.32 Å². The lowest BCUT2D eigenvalue weighted by molar-refractivity contribution is 0.0943. The van der Waals surface area contributed by atoms with Crippen LogP contribution < -0.4 is 10.6 Å². The Hall–Kier alpha value is -2.21. The van der Waals surface area contributed by atoms with E-state index >= 15 is 0 Å². The first-order valence-corrected chi connectivity index (χ1v) is 10.9. The summed E-state index contributed by atoms with van der Waals surface area (Å²) >= 11 is 1.45. The Balaban J connectivity index is 1.97. The number of anilines is 1. The number of thiophene rings is 1. The lowest BCUT2D eigenvalue weighted by Crippen LogP contribution is -2.32. The van der Waals surface area contributed by atoms with E-state index < -0.39 is 11.7 Å². The third-order valence-corrected chi connectivity index (χ3v) is 6.65. The minimum absolute atomic E-state index is 0.0147. The minimum Gasteiger partial charge on any atom is -0.350 e. The van der Waals surface area contributed by atoms with Crippen LogP contribution >= 0.6 is 11.3 Å². The number of fused-ring (bicyclic) bond motifs is 1. The van der Waals surface area contributed by atoms with E-state index in [-0.39, 0.29) is 22.9 Å². The third kappa shape index (κ3) is 4.69. The van der Waals surface area contributed by atoms with Crippen LogP contribution in [0.2, 0.25) is 0 Å². The minimum atomic E-state index is -0.577. The molecule has 0 spiro atoms. The molecule has 1 aromatic heterocycles. The fraction of sp³-hybridized carbons (Fsp3) is 0.478. The van der Waals surface area contributed by atoms with Gasteiger partial charge in [0.1, 0.15) is 10.8 Å². The molecular weight excluding hydrogens is 387 g/mol. The Morgan fingerprint density at radius 3 is 2.48 bits per heavy atom. The summed E-state index contributed by atoms with van der Waals surface area (Å²) in [6.45, 7) is 10.5. The van der Waals surface area contributed by atoms with E-state index in [0.29, 0.717) is 16.5 Å². The summed E-state index contributed by atoms with van der Waals surface area (Å²) in [4.78, 5) is 26.8. The smallest absolute Gasteiger partial charge is 0.259 e. The SMILES string of the molecule is CC(C)NC(=O)c1c(NC(=O)c2ccccc2F)sc2c1CCC(C(C)(C)C)C2. The lowest BCUT2D eigenvalue weighted by Gasteiger charge is -2.33. The van der Waals surface area contributed by atoms with Crippen LogP contribution in [0.15, 0.2) is 24.3 Å². The van der Waals surface area contributed by atoms with E-state index in [1.165, 1.54) is 23.5 Å². The molecule has 156 valence electrons. The molecule has 0 aliphatic heterocycles. The van der Waals surface area contributed by atoms with Gasteiger partial charge in [0.05, 0.1) is 11.1 Å². The van der Waals surface area contributed by atoms with Gasteiger partial charge in [0.25, 0.3) is 11.8 Å². The van der Waals surface area contributed by atoms with Crippen molar-refractivity contribution >= 4 is 28.2 Å². The number of hydrogen-bond acceptors (Lipinski definition) is 3. The zero-order chi connectivity index (χ0) is 21.3. The first kappa shape index (κ1) is 21.5. The van der Waals surface area contributed by atoms with Crippen molar-refractivity contribution in [3.8, 4) is 0 Å². The molecule has 1 aromatic carbocycles. The molecule has 0 saturated heterocycles. The lowest BCUT2D eigenvalue weighted by atomic mass is 9.72. The van der Waals surface area contributed by atoms with Crippen molar-refractivity contribution < 1.29 is 14.0 Å². The quantitative estimate of drug-likeness (QED) is 0.698. The van der Waals surface area contributed by atoms with Gasteiger partial charge in [0.2, 0.25) is 0 Å². The van der Waals surface area contributed by atoms with Crippen molar-refractivity contribution in [3.63, 3.8) is 0 Å². The van der Waals surface area contributed by atoms with E-state index in [2.05, 4.69) is 31.4 Å². The molecule has 2 amide bonds. The number of benzene rings is 1. The largest absolute Gasteiger partial charge is 0.350 e. The molecule has 0 fully saturated rings. The molecule has 1 heterocycles. The van der Waals surface area contributed by atoms with Crippen LogP contribution in [-0.2, 0) is 12.8 Å². The summed E-state index contributed by atoms with van der Waals surface area (Å²) in [5.74, 6) is -0.778. The predicted octanol–water partition coefficient (Wildman–Crippen LogP) is 5.43. The van der Waals surface area contributed by atoms with Crippen LogP contribution in [0, 0.1) is 17.2 Å². The maximum Gasteiger partial charge on any atom is 0.259 e. The molecule has 3 rings (SSSR count). The summed E-state index contributed by atoms with van der Waals surface area (Å²) in [6.07, 6.45) is 2.71. The second kappa shape index (κ2) is 8.27. The Labute approximate surface area is 175 Å². The molecule has 4 nitrogen and oxygen atoms in total. The van der Waals surface area contributed by atoms with E-state index in [1.807, 2.05) is 13.8 Å². The van der Waals surface area contributed by atoms with Gasteiger partial charge in [-0.05, 0) is 62.1 Å². The number of carbonyl (C=O) groups is 2. The van der Waals surface area contributed by atoms with Gasteiger partial charge in [0, 0.05) is 10.9 Å². The number of nitrogens with one attached hydrogen (secondary N) is 2. The highest BCUT2D eigenvalue weighted by atomic mass is 32.1.